The molecule has 0 unspecified atom stereocenters. The molecular weight excluding hydrogens is 332 g/mol. The van der Waals surface area contributed by atoms with Crippen LogP contribution in [0.4, 0.5) is 0 Å². The number of hydrogen-bond acceptors (Lipinski definition) is 4. The third-order valence-corrected chi connectivity index (χ3v) is 5.29. The van der Waals surface area contributed by atoms with E-state index >= 15 is 0 Å². The molecule has 3 rings (SSSR count). The SMILES string of the molecule is C=CCOC(=O)C1=C(C)[C@@H](CC[n+]2ccccc2)[C@@H]2[C@@H]([C@@H](C)O)C(=O)N12. The summed E-state index contributed by atoms with van der Waals surface area (Å²) >= 11 is 0. The third kappa shape index (κ3) is 3.05. The summed E-state index contributed by atoms with van der Waals surface area (Å²) in [6, 6.07) is 5.71. The van der Waals surface area contributed by atoms with Crippen molar-refractivity contribution < 1.29 is 24.0 Å². The Bertz CT molecular complexity index is 741. The molecule has 138 valence electrons. The molecule has 0 spiro atoms. The number of pyridine rings is 1. The Balaban J connectivity index is 1.84. The van der Waals surface area contributed by atoms with Gasteiger partial charge in [0.25, 0.3) is 0 Å². The van der Waals surface area contributed by atoms with Gasteiger partial charge < -0.3 is 14.7 Å². The van der Waals surface area contributed by atoms with E-state index in [-0.39, 0.29) is 24.5 Å². The number of carbonyl (C=O) groups excluding carboxylic acids is 2. The van der Waals surface area contributed by atoms with Gasteiger partial charge in [-0.2, -0.15) is 0 Å². The molecule has 2 aliphatic rings. The molecule has 6 nitrogen and oxygen atoms in total. The van der Waals surface area contributed by atoms with Gasteiger partial charge in [0.2, 0.25) is 5.91 Å². The Morgan fingerprint density at radius 2 is 2.12 bits per heavy atom. The summed E-state index contributed by atoms with van der Waals surface area (Å²) in [7, 11) is 0. The summed E-state index contributed by atoms with van der Waals surface area (Å²) in [5.41, 5.74) is 1.19. The van der Waals surface area contributed by atoms with Crippen molar-refractivity contribution in [3.63, 3.8) is 0 Å². The molecule has 1 amide bonds. The van der Waals surface area contributed by atoms with Crippen molar-refractivity contribution in [2.75, 3.05) is 6.61 Å². The van der Waals surface area contributed by atoms with Gasteiger partial charge >= 0.3 is 5.97 Å². The highest BCUT2D eigenvalue weighted by Gasteiger charge is 2.60. The first-order valence-corrected chi connectivity index (χ1v) is 8.91. The van der Waals surface area contributed by atoms with E-state index in [1.54, 1.807) is 6.92 Å². The van der Waals surface area contributed by atoms with E-state index in [1.165, 1.54) is 11.0 Å². The van der Waals surface area contributed by atoms with Gasteiger partial charge in [0.15, 0.2) is 12.4 Å². The van der Waals surface area contributed by atoms with Gasteiger partial charge in [0.05, 0.1) is 18.1 Å². The second-order valence-corrected chi connectivity index (χ2v) is 6.89. The van der Waals surface area contributed by atoms with Crippen LogP contribution in [0.15, 0.2) is 54.5 Å². The van der Waals surface area contributed by atoms with E-state index < -0.39 is 18.0 Å². The number of esters is 1. The number of ether oxygens (including phenoxy) is 1. The quantitative estimate of drug-likeness (QED) is 0.345. The first-order valence-electron chi connectivity index (χ1n) is 8.91. The lowest BCUT2D eigenvalue weighted by atomic mass is 9.76. The maximum Gasteiger partial charge on any atom is 0.355 e. The van der Waals surface area contributed by atoms with Crippen LogP contribution in [-0.2, 0) is 20.9 Å². The second kappa shape index (κ2) is 7.41. The molecular formula is C20H25N2O4+. The number of hydrogen-bond donors (Lipinski definition) is 1. The van der Waals surface area contributed by atoms with E-state index in [0.29, 0.717) is 5.70 Å². The lowest BCUT2D eigenvalue weighted by Gasteiger charge is -2.47. The molecule has 1 N–H and O–H groups in total. The summed E-state index contributed by atoms with van der Waals surface area (Å²) in [5.74, 6) is -1.16. The molecule has 3 heterocycles. The summed E-state index contributed by atoms with van der Waals surface area (Å²) < 4.78 is 7.25. The minimum Gasteiger partial charge on any atom is -0.457 e. The lowest BCUT2D eigenvalue weighted by Crippen LogP contribution is -2.64. The summed E-state index contributed by atoms with van der Waals surface area (Å²) in [6.07, 6.45) is 5.51. The van der Waals surface area contributed by atoms with Crippen LogP contribution in [0.2, 0.25) is 0 Å². The number of aryl methyl sites for hydroxylation is 1. The zero-order chi connectivity index (χ0) is 18.8. The van der Waals surface area contributed by atoms with Crippen LogP contribution in [0.3, 0.4) is 0 Å². The average Bonchev–Trinajstić information content (AvgIpc) is 2.87. The van der Waals surface area contributed by atoms with E-state index in [1.807, 2.05) is 37.5 Å². The fraction of sp³-hybridized carbons (Fsp3) is 0.450. The van der Waals surface area contributed by atoms with Crippen LogP contribution in [0.25, 0.3) is 0 Å². The number of β-lactam (4-membered cyclic amide) rings is 1. The van der Waals surface area contributed by atoms with Gasteiger partial charge in [0, 0.05) is 24.5 Å². The Morgan fingerprint density at radius 1 is 1.42 bits per heavy atom. The normalized spacial score (nSPS) is 25.6. The van der Waals surface area contributed by atoms with Gasteiger partial charge in [-0.15, -0.1) is 0 Å². The van der Waals surface area contributed by atoms with Crippen LogP contribution < -0.4 is 4.57 Å². The molecule has 0 aliphatic carbocycles. The standard InChI is InChI=1S/C20H25N2O4/c1-4-12-26-20(25)17-13(2)15(8-11-21-9-6-5-7-10-21)18-16(14(3)23)19(24)22(17)18/h4-7,9-10,14-16,18,23H,1,8,11-12H2,2-3H3/q+1/t14-,15-,16-,18-/m1/s1. The van der Waals surface area contributed by atoms with E-state index in [9.17, 15) is 14.7 Å². The van der Waals surface area contributed by atoms with Crippen LogP contribution in [0.1, 0.15) is 20.3 Å². The molecule has 0 radical (unpaired) electrons. The highest BCUT2D eigenvalue weighted by molar-refractivity contribution is 6.00. The molecule has 0 bridgehead atoms. The minimum atomic E-state index is -0.744. The van der Waals surface area contributed by atoms with Crippen LogP contribution in [-0.4, -0.2) is 40.6 Å². The fourth-order valence-electron chi connectivity index (χ4n) is 4.06. The first kappa shape index (κ1) is 18.3. The highest BCUT2D eigenvalue weighted by Crippen LogP contribution is 2.48. The molecule has 6 heteroatoms. The Labute approximate surface area is 153 Å². The zero-order valence-electron chi connectivity index (χ0n) is 15.2. The molecule has 1 aromatic heterocycles. The van der Waals surface area contributed by atoms with Crippen LogP contribution >= 0.6 is 0 Å². The number of aliphatic hydroxyl groups excluding tert-OH is 1. The van der Waals surface area contributed by atoms with E-state index in [4.69, 9.17) is 4.74 Å². The molecule has 2 aliphatic heterocycles. The largest absolute Gasteiger partial charge is 0.457 e. The van der Waals surface area contributed by atoms with E-state index in [0.717, 1.165) is 18.5 Å². The van der Waals surface area contributed by atoms with Gasteiger partial charge in [-0.25, -0.2) is 9.36 Å². The van der Waals surface area contributed by atoms with Crippen molar-refractivity contribution in [1.29, 1.82) is 0 Å². The number of aromatic nitrogens is 1. The average molecular weight is 357 g/mol. The number of nitrogens with zero attached hydrogens (tertiary/aromatic N) is 2. The molecule has 26 heavy (non-hydrogen) atoms. The molecule has 4 atom stereocenters. The van der Waals surface area contributed by atoms with Gasteiger partial charge in [0.1, 0.15) is 18.8 Å². The molecule has 1 saturated heterocycles. The number of fused-ring (bicyclic) bond motifs is 1. The topological polar surface area (TPSA) is 70.7 Å². The summed E-state index contributed by atoms with van der Waals surface area (Å²) in [4.78, 5) is 26.5. The molecule has 0 saturated carbocycles. The van der Waals surface area contributed by atoms with Crippen molar-refractivity contribution in [2.24, 2.45) is 11.8 Å². The molecule has 1 aromatic rings. The Hall–Kier alpha value is -2.47. The van der Waals surface area contributed by atoms with Crippen molar-refractivity contribution in [3.8, 4) is 0 Å². The Morgan fingerprint density at radius 3 is 2.73 bits per heavy atom. The maximum absolute atomic E-state index is 12.5. The van der Waals surface area contributed by atoms with Gasteiger partial charge in [-0.05, 0) is 19.4 Å². The van der Waals surface area contributed by atoms with Crippen molar-refractivity contribution in [2.45, 2.75) is 39.0 Å². The van der Waals surface area contributed by atoms with Crippen LogP contribution in [0.5, 0.6) is 0 Å². The van der Waals surface area contributed by atoms with Crippen LogP contribution in [0, 0.1) is 11.8 Å². The number of amides is 1. The maximum atomic E-state index is 12.5. The van der Waals surface area contributed by atoms with Crippen molar-refractivity contribution in [1.82, 2.24) is 4.90 Å². The lowest BCUT2D eigenvalue weighted by molar-refractivity contribution is -0.698. The fourth-order valence-corrected chi connectivity index (χ4v) is 4.06. The monoisotopic (exact) mass is 357 g/mol. The number of carbonyl (C=O) groups is 2. The van der Waals surface area contributed by atoms with E-state index in [2.05, 4.69) is 11.1 Å². The minimum absolute atomic E-state index is 0.0197. The third-order valence-electron chi connectivity index (χ3n) is 5.29. The smallest absolute Gasteiger partial charge is 0.355 e. The van der Waals surface area contributed by atoms with Gasteiger partial charge in [-0.1, -0.05) is 18.7 Å². The zero-order valence-corrected chi connectivity index (χ0v) is 15.2. The number of aliphatic hydroxyl groups is 1. The predicted octanol–water partition coefficient (Wildman–Crippen LogP) is 1.20. The molecule has 1 fully saturated rings. The number of rotatable bonds is 7. The second-order valence-electron chi connectivity index (χ2n) is 6.89. The predicted molar refractivity (Wildman–Crippen MR) is 94.4 cm³/mol. The first-order chi connectivity index (χ1) is 12.5. The summed E-state index contributed by atoms with van der Waals surface area (Å²) in [6.45, 7) is 7.93. The highest BCUT2D eigenvalue weighted by atomic mass is 16.5. The molecule has 0 aromatic carbocycles. The summed E-state index contributed by atoms with van der Waals surface area (Å²) in [5, 5.41) is 10.0. The van der Waals surface area contributed by atoms with Gasteiger partial charge in [-0.3, -0.25) is 4.79 Å². The Kier molecular flexibility index (Phi) is 5.23. The van der Waals surface area contributed by atoms with Crippen molar-refractivity contribution in [3.05, 3.63) is 54.5 Å². The van der Waals surface area contributed by atoms with Crippen molar-refractivity contribution >= 4 is 11.9 Å².